The zero-order chi connectivity index (χ0) is 20.0. The van der Waals surface area contributed by atoms with Gasteiger partial charge in [-0.25, -0.2) is 4.79 Å². The van der Waals surface area contributed by atoms with E-state index in [2.05, 4.69) is 29.4 Å². The van der Waals surface area contributed by atoms with E-state index in [9.17, 15) is 9.59 Å². The highest BCUT2D eigenvalue weighted by molar-refractivity contribution is 5.92. The first-order valence-corrected chi connectivity index (χ1v) is 10.2. The number of hydrogen-bond acceptors (Lipinski definition) is 4. The largest absolute Gasteiger partial charge is 0.379 e. The number of benzene rings is 1. The summed E-state index contributed by atoms with van der Waals surface area (Å²) >= 11 is 0. The van der Waals surface area contributed by atoms with Crippen molar-refractivity contribution in [3.8, 4) is 0 Å². The van der Waals surface area contributed by atoms with Crippen LogP contribution in [-0.4, -0.2) is 73.2 Å². The minimum atomic E-state index is -0.104. The molecule has 0 bridgehead atoms. The van der Waals surface area contributed by atoms with E-state index >= 15 is 0 Å². The summed E-state index contributed by atoms with van der Waals surface area (Å²) in [7, 11) is 0. The van der Waals surface area contributed by atoms with Gasteiger partial charge in [0.15, 0.2) is 0 Å². The van der Waals surface area contributed by atoms with Crippen LogP contribution in [0.3, 0.4) is 0 Å². The van der Waals surface area contributed by atoms with Crippen molar-refractivity contribution in [2.24, 2.45) is 5.92 Å². The highest BCUT2D eigenvalue weighted by Crippen LogP contribution is 2.20. The number of rotatable bonds is 5. The maximum atomic E-state index is 12.6. The number of morpholine rings is 1. The van der Waals surface area contributed by atoms with E-state index in [1.54, 1.807) is 0 Å². The Morgan fingerprint density at radius 1 is 1.07 bits per heavy atom. The average Bonchev–Trinajstić information content (AvgIpc) is 2.73. The molecule has 0 saturated carbocycles. The highest BCUT2D eigenvalue weighted by Gasteiger charge is 2.31. The van der Waals surface area contributed by atoms with Crippen molar-refractivity contribution in [3.63, 3.8) is 0 Å². The molecule has 0 aromatic heterocycles. The second kappa shape index (κ2) is 9.39. The number of carbonyl (C=O) groups excluding carboxylic acids is 2. The van der Waals surface area contributed by atoms with Crippen molar-refractivity contribution in [1.29, 1.82) is 0 Å². The van der Waals surface area contributed by atoms with Crippen LogP contribution in [0.5, 0.6) is 0 Å². The van der Waals surface area contributed by atoms with E-state index < -0.39 is 0 Å². The van der Waals surface area contributed by atoms with Crippen LogP contribution in [0, 0.1) is 5.92 Å². The van der Waals surface area contributed by atoms with Gasteiger partial charge in [-0.05, 0) is 38.8 Å². The third-order valence-electron chi connectivity index (χ3n) is 5.73. The molecule has 2 heterocycles. The predicted molar refractivity (Wildman–Crippen MR) is 109 cm³/mol. The van der Waals surface area contributed by atoms with Crippen LogP contribution in [0.2, 0.25) is 0 Å². The number of anilines is 1. The van der Waals surface area contributed by atoms with Gasteiger partial charge in [0, 0.05) is 49.9 Å². The fraction of sp³-hybridized carbons (Fsp3) is 0.619. The summed E-state index contributed by atoms with van der Waals surface area (Å²) in [5.74, 6) is -0.00578. The molecule has 1 aromatic carbocycles. The van der Waals surface area contributed by atoms with Crippen molar-refractivity contribution in [2.75, 3.05) is 51.3 Å². The summed E-state index contributed by atoms with van der Waals surface area (Å²) < 4.78 is 5.41. The Bertz CT molecular complexity index is 651. The van der Waals surface area contributed by atoms with Crippen molar-refractivity contribution < 1.29 is 14.3 Å². The lowest BCUT2D eigenvalue weighted by Gasteiger charge is -2.41. The number of ether oxygens (including phenoxy) is 1. The number of likely N-dealkylation sites (tertiary alicyclic amines) is 1. The maximum absolute atomic E-state index is 12.6. The normalized spacial score (nSPS) is 19.3. The van der Waals surface area contributed by atoms with Gasteiger partial charge in [0.05, 0.1) is 13.2 Å². The number of para-hydroxylation sites is 1. The molecular weight excluding hydrogens is 356 g/mol. The van der Waals surface area contributed by atoms with Crippen LogP contribution >= 0.6 is 0 Å². The summed E-state index contributed by atoms with van der Waals surface area (Å²) in [4.78, 5) is 29.2. The molecule has 2 aliphatic heterocycles. The number of amides is 3. The van der Waals surface area contributed by atoms with E-state index in [0.717, 1.165) is 32.0 Å². The van der Waals surface area contributed by atoms with Gasteiger partial charge < -0.3 is 20.3 Å². The molecule has 0 atom stereocenters. The van der Waals surface area contributed by atoms with Crippen molar-refractivity contribution in [3.05, 3.63) is 30.3 Å². The molecule has 154 valence electrons. The number of nitrogens with zero attached hydrogens (tertiary/aromatic N) is 2. The van der Waals surface area contributed by atoms with Crippen molar-refractivity contribution >= 4 is 17.6 Å². The lowest BCUT2D eigenvalue weighted by molar-refractivity contribution is -0.121. The standard InChI is InChI=1S/C21H32N4O3/c1-21(2,25-12-14-28-15-13-25)16-22-20(27)24-10-8-17(9-11-24)19(26)23-18-6-4-3-5-7-18/h3-7,17H,8-16H2,1-2H3,(H,22,27)(H,23,26). The van der Waals surface area contributed by atoms with E-state index in [-0.39, 0.29) is 23.4 Å². The van der Waals surface area contributed by atoms with Crippen molar-refractivity contribution in [2.45, 2.75) is 32.2 Å². The third kappa shape index (κ3) is 5.45. The second-order valence-corrected chi connectivity index (χ2v) is 8.19. The van der Waals surface area contributed by atoms with Crippen LogP contribution in [0.25, 0.3) is 0 Å². The zero-order valence-corrected chi connectivity index (χ0v) is 16.9. The van der Waals surface area contributed by atoms with Crippen LogP contribution in [0.1, 0.15) is 26.7 Å². The monoisotopic (exact) mass is 388 g/mol. The van der Waals surface area contributed by atoms with Crippen LogP contribution in [0.4, 0.5) is 10.5 Å². The van der Waals surface area contributed by atoms with E-state index in [1.165, 1.54) is 0 Å². The first kappa shape index (κ1) is 20.6. The SMILES string of the molecule is CC(C)(CNC(=O)N1CCC(C(=O)Nc2ccccc2)CC1)N1CCOCC1. The molecule has 3 rings (SSSR count). The van der Waals surface area contributed by atoms with Crippen LogP contribution < -0.4 is 10.6 Å². The van der Waals surface area contributed by atoms with Gasteiger partial charge >= 0.3 is 6.03 Å². The molecule has 0 spiro atoms. The molecule has 3 amide bonds. The topological polar surface area (TPSA) is 73.9 Å². The number of carbonyl (C=O) groups is 2. The Balaban J connectivity index is 1.41. The molecule has 28 heavy (non-hydrogen) atoms. The molecule has 1 aromatic rings. The second-order valence-electron chi connectivity index (χ2n) is 8.19. The summed E-state index contributed by atoms with van der Waals surface area (Å²) in [6, 6.07) is 9.46. The van der Waals surface area contributed by atoms with Gasteiger partial charge in [-0.3, -0.25) is 9.69 Å². The zero-order valence-electron chi connectivity index (χ0n) is 16.9. The molecule has 2 fully saturated rings. The Morgan fingerprint density at radius 3 is 2.36 bits per heavy atom. The molecule has 0 aliphatic carbocycles. The van der Waals surface area contributed by atoms with Gasteiger partial charge in [0.2, 0.25) is 5.91 Å². The minimum absolute atomic E-state index is 0.0387. The smallest absolute Gasteiger partial charge is 0.317 e. The van der Waals surface area contributed by atoms with E-state index in [0.29, 0.717) is 32.5 Å². The first-order chi connectivity index (χ1) is 13.5. The Hall–Kier alpha value is -2.12. The third-order valence-corrected chi connectivity index (χ3v) is 5.73. The van der Waals surface area contributed by atoms with Crippen LogP contribution in [0.15, 0.2) is 30.3 Å². The number of urea groups is 1. The van der Waals surface area contributed by atoms with E-state index in [1.807, 2.05) is 35.2 Å². The van der Waals surface area contributed by atoms with Gasteiger partial charge in [-0.1, -0.05) is 18.2 Å². The number of piperidine rings is 1. The minimum Gasteiger partial charge on any atom is -0.379 e. The van der Waals surface area contributed by atoms with Gasteiger partial charge in [0.25, 0.3) is 0 Å². The quantitative estimate of drug-likeness (QED) is 0.811. The van der Waals surface area contributed by atoms with Crippen molar-refractivity contribution in [1.82, 2.24) is 15.1 Å². The molecule has 0 radical (unpaired) electrons. The van der Waals surface area contributed by atoms with Crippen LogP contribution in [-0.2, 0) is 9.53 Å². The molecule has 7 nitrogen and oxygen atoms in total. The summed E-state index contributed by atoms with van der Waals surface area (Å²) in [6.45, 7) is 9.40. The number of hydrogen-bond donors (Lipinski definition) is 2. The predicted octanol–water partition coefficient (Wildman–Crippen LogP) is 2.16. The summed E-state index contributed by atoms with van der Waals surface area (Å²) in [5.41, 5.74) is 0.714. The molecule has 2 saturated heterocycles. The fourth-order valence-corrected chi connectivity index (χ4v) is 3.79. The average molecular weight is 389 g/mol. The molecule has 7 heteroatoms. The summed E-state index contributed by atoms with van der Waals surface area (Å²) in [5, 5.41) is 6.04. The molecule has 2 aliphatic rings. The van der Waals surface area contributed by atoms with E-state index in [4.69, 9.17) is 4.74 Å². The molecular formula is C21H32N4O3. The van der Waals surface area contributed by atoms with Gasteiger partial charge in [-0.15, -0.1) is 0 Å². The lowest BCUT2D eigenvalue weighted by atomic mass is 9.96. The Labute approximate surface area is 167 Å². The van der Waals surface area contributed by atoms with Gasteiger partial charge in [0.1, 0.15) is 0 Å². The maximum Gasteiger partial charge on any atom is 0.317 e. The lowest BCUT2D eigenvalue weighted by Crippen LogP contribution is -2.57. The highest BCUT2D eigenvalue weighted by atomic mass is 16.5. The fourth-order valence-electron chi connectivity index (χ4n) is 3.79. The first-order valence-electron chi connectivity index (χ1n) is 10.2. The molecule has 2 N–H and O–H groups in total. The molecule has 0 unspecified atom stereocenters. The Morgan fingerprint density at radius 2 is 1.71 bits per heavy atom. The Kier molecular flexibility index (Phi) is 6.91. The number of nitrogens with one attached hydrogen (secondary N) is 2. The van der Waals surface area contributed by atoms with Gasteiger partial charge in [-0.2, -0.15) is 0 Å². The summed E-state index contributed by atoms with van der Waals surface area (Å²) in [6.07, 6.45) is 1.39.